The van der Waals surface area contributed by atoms with Gasteiger partial charge in [-0.2, -0.15) is 5.26 Å². The largest absolute Gasteiger partial charge is 0.437 e. The van der Waals surface area contributed by atoms with Crippen LogP contribution in [-0.4, -0.2) is 15.1 Å². The van der Waals surface area contributed by atoms with Crippen molar-refractivity contribution in [1.82, 2.24) is 9.97 Å². The molecule has 5 heteroatoms. The average Bonchev–Trinajstić information content (AvgIpc) is 2.40. The molecule has 0 unspecified atom stereocenters. The van der Waals surface area contributed by atoms with Crippen molar-refractivity contribution in [3.05, 3.63) is 47.9 Å². The predicted octanol–water partition coefficient (Wildman–Crippen LogP) is 1.63. The van der Waals surface area contributed by atoms with Crippen LogP contribution in [0.3, 0.4) is 0 Å². The highest BCUT2D eigenvalue weighted by Crippen LogP contribution is 2.21. The second kappa shape index (κ2) is 5.05. The zero-order valence-electron chi connectivity index (χ0n) is 8.87. The van der Waals surface area contributed by atoms with Gasteiger partial charge in [-0.1, -0.05) is 12.1 Å². The first-order valence-electron chi connectivity index (χ1n) is 4.92. The van der Waals surface area contributed by atoms with Crippen LogP contribution >= 0.6 is 0 Å². The number of aromatic nitrogens is 2. The number of nitrogens with zero attached hydrogens (tertiary/aromatic N) is 3. The molecule has 0 aliphatic rings. The third kappa shape index (κ3) is 2.56. The maximum Gasteiger partial charge on any atom is 0.256 e. The highest BCUT2D eigenvalue weighted by molar-refractivity contribution is 5.35. The van der Waals surface area contributed by atoms with E-state index in [0.29, 0.717) is 5.75 Å². The van der Waals surface area contributed by atoms with E-state index in [2.05, 4.69) is 9.97 Å². The summed E-state index contributed by atoms with van der Waals surface area (Å²) >= 11 is 0. The molecular formula is C12H9N3O2. The minimum absolute atomic E-state index is 0.0190. The molecule has 0 aliphatic heterocycles. The van der Waals surface area contributed by atoms with Crippen LogP contribution in [-0.2, 0) is 6.61 Å². The fourth-order valence-electron chi connectivity index (χ4n) is 1.25. The Labute approximate surface area is 98.0 Å². The molecule has 1 heterocycles. The highest BCUT2D eigenvalue weighted by Gasteiger charge is 2.06. The minimum atomic E-state index is -0.0190. The molecule has 0 saturated carbocycles. The van der Waals surface area contributed by atoms with Gasteiger partial charge in [-0.25, -0.2) is 9.97 Å². The molecule has 17 heavy (non-hydrogen) atoms. The van der Waals surface area contributed by atoms with Gasteiger partial charge in [0.2, 0.25) is 5.69 Å². The number of ether oxygens (including phenoxy) is 1. The van der Waals surface area contributed by atoms with Gasteiger partial charge in [0.1, 0.15) is 11.8 Å². The molecule has 2 aromatic rings. The lowest BCUT2D eigenvalue weighted by Crippen LogP contribution is -1.94. The molecule has 0 saturated heterocycles. The average molecular weight is 227 g/mol. The number of hydrogen-bond acceptors (Lipinski definition) is 5. The van der Waals surface area contributed by atoms with Crippen molar-refractivity contribution >= 4 is 0 Å². The summed E-state index contributed by atoms with van der Waals surface area (Å²) in [7, 11) is 0. The van der Waals surface area contributed by atoms with Gasteiger partial charge >= 0.3 is 0 Å². The summed E-state index contributed by atoms with van der Waals surface area (Å²) in [5.74, 6) is 0.714. The van der Waals surface area contributed by atoms with Crippen LogP contribution < -0.4 is 4.74 Å². The number of nitriles is 1. The summed E-state index contributed by atoms with van der Waals surface area (Å²) in [6, 6.07) is 8.76. The number of aliphatic hydroxyl groups is 1. The van der Waals surface area contributed by atoms with Crippen molar-refractivity contribution < 1.29 is 9.84 Å². The summed E-state index contributed by atoms with van der Waals surface area (Å²) in [4.78, 5) is 7.77. The van der Waals surface area contributed by atoms with Gasteiger partial charge in [0, 0.05) is 12.4 Å². The lowest BCUT2D eigenvalue weighted by Gasteiger charge is -2.05. The zero-order chi connectivity index (χ0) is 12.1. The Hall–Kier alpha value is -2.45. The van der Waals surface area contributed by atoms with Gasteiger partial charge in [0.15, 0.2) is 0 Å². The maximum atomic E-state index is 8.89. The summed E-state index contributed by atoms with van der Waals surface area (Å²) in [6.07, 6.45) is 2.89. The van der Waals surface area contributed by atoms with Gasteiger partial charge in [0.25, 0.3) is 5.88 Å². The second-order valence-corrected chi connectivity index (χ2v) is 3.23. The Kier molecular flexibility index (Phi) is 3.28. The summed E-state index contributed by atoms with van der Waals surface area (Å²) in [6.45, 7) is -0.0190. The van der Waals surface area contributed by atoms with Crippen LogP contribution in [0.4, 0.5) is 0 Å². The van der Waals surface area contributed by atoms with Crippen molar-refractivity contribution in [3.63, 3.8) is 0 Å². The van der Waals surface area contributed by atoms with Crippen molar-refractivity contribution in [2.75, 3.05) is 0 Å². The van der Waals surface area contributed by atoms with Crippen LogP contribution in [0, 0.1) is 11.3 Å². The van der Waals surface area contributed by atoms with E-state index in [4.69, 9.17) is 15.1 Å². The van der Waals surface area contributed by atoms with Crippen LogP contribution in [0.15, 0.2) is 36.7 Å². The van der Waals surface area contributed by atoms with Crippen LogP contribution in [0.25, 0.3) is 0 Å². The quantitative estimate of drug-likeness (QED) is 0.862. The standard InChI is InChI=1S/C12H9N3O2/c13-7-11-12(15-6-5-14-11)17-10-3-1-9(8-16)2-4-10/h1-6,16H,8H2. The van der Waals surface area contributed by atoms with Crippen molar-refractivity contribution in [3.8, 4) is 17.7 Å². The van der Waals surface area contributed by atoms with Gasteiger partial charge in [-0.05, 0) is 17.7 Å². The molecule has 0 spiro atoms. The SMILES string of the molecule is N#Cc1nccnc1Oc1ccc(CO)cc1. The van der Waals surface area contributed by atoms with Gasteiger partial charge in [0.05, 0.1) is 6.61 Å². The normalized spacial score (nSPS) is 9.65. The second-order valence-electron chi connectivity index (χ2n) is 3.23. The maximum absolute atomic E-state index is 8.89. The van der Waals surface area contributed by atoms with E-state index in [1.54, 1.807) is 24.3 Å². The van der Waals surface area contributed by atoms with E-state index < -0.39 is 0 Å². The molecular weight excluding hydrogens is 218 g/mol. The number of rotatable bonds is 3. The first-order chi connectivity index (χ1) is 8.33. The van der Waals surface area contributed by atoms with E-state index in [1.807, 2.05) is 6.07 Å². The first kappa shape index (κ1) is 11.0. The summed E-state index contributed by atoms with van der Waals surface area (Å²) < 4.78 is 5.42. The molecule has 0 amide bonds. The Morgan fingerprint density at radius 3 is 2.53 bits per heavy atom. The van der Waals surface area contributed by atoms with Crippen LogP contribution in [0.5, 0.6) is 11.6 Å². The molecule has 0 aliphatic carbocycles. The first-order valence-corrected chi connectivity index (χ1v) is 4.92. The molecule has 0 radical (unpaired) electrons. The lowest BCUT2D eigenvalue weighted by molar-refractivity contribution is 0.281. The number of benzene rings is 1. The van der Waals surface area contributed by atoms with E-state index in [9.17, 15) is 0 Å². The van der Waals surface area contributed by atoms with E-state index in [0.717, 1.165) is 5.56 Å². The Morgan fingerprint density at radius 1 is 1.18 bits per heavy atom. The van der Waals surface area contributed by atoms with Gasteiger partial charge < -0.3 is 9.84 Å². The summed E-state index contributed by atoms with van der Waals surface area (Å²) in [5.41, 5.74) is 0.927. The molecule has 2 rings (SSSR count). The van der Waals surface area contributed by atoms with Crippen molar-refractivity contribution in [1.29, 1.82) is 5.26 Å². The Morgan fingerprint density at radius 2 is 1.88 bits per heavy atom. The predicted molar refractivity (Wildman–Crippen MR) is 59.2 cm³/mol. The minimum Gasteiger partial charge on any atom is -0.437 e. The molecule has 0 atom stereocenters. The molecule has 0 bridgehead atoms. The molecule has 84 valence electrons. The smallest absolute Gasteiger partial charge is 0.256 e. The highest BCUT2D eigenvalue weighted by atomic mass is 16.5. The Balaban J connectivity index is 2.23. The third-order valence-corrected chi connectivity index (χ3v) is 2.09. The molecule has 1 aromatic heterocycles. The zero-order valence-corrected chi connectivity index (χ0v) is 8.87. The molecule has 1 aromatic carbocycles. The van der Waals surface area contributed by atoms with E-state index >= 15 is 0 Å². The van der Waals surface area contributed by atoms with Gasteiger partial charge in [-0.3, -0.25) is 0 Å². The molecule has 1 N–H and O–H groups in total. The van der Waals surface area contributed by atoms with Crippen molar-refractivity contribution in [2.45, 2.75) is 6.61 Å². The molecule has 0 fully saturated rings. The number of aliphatic hydroxyl groups excluding tert-OH is 1. The Bertz CT molecular complexity index is 546. The van der Waals surface area contributed by atoms with E-state index in [-0.39, 0.29) is 18.2 Å². The fraction of sp³-hybridized carbons (Fsp3) is 0.0833. The fourth-order valence-corrected chi connectivity index (χ4v) is 1.25. The lowest BCUT2D eigenvalue weighted by atomic mass is 10.2. The van der Waals surface area contributed by atoms with Gasteiger partial charge in [-0.15, -0.1) is 0 Å². The van der Waals surface area contributed by atoms with Crippen molar-refractivity contribution in [2.24, 2.45) is 0 Å². The van der Waals surface area contributed by atoms with Crippen LogP contribution in [0.1, 0.15) is 11.3 Å². The third-order valence-electron chi connectivity index (χ3n) is 2.09. The summed E-state index contributed by atoms with van der Waals surface area (Å²) in [5, 5.41) is 17.7. The monoisotopic (exact) mass is 227 g/mol. The topological polar surface area (TPSA) is 79.0 Å². The molecule has 5 nitrogen and oxygen atoms in total. The number of hydrogen-bond donors (Lipinski definition) is 1. The van der Waals surface area contributed by atoms with E-state index in [1.165, 1.54) is 12.4 Å². The van der Waals surface area contributed by atoms with Crippen LogP contribution in [0.2, 0.25) is 0 Å².